The molecule has 0 radical (unpaired) electrons. The van der Waals surface area contributed by atoms with Crippen LogP contribution in [-0.4, -0.2) is 213 Å². The fraction of sp³-hybridized carbons (Fsp3) is 0.368. The van der Waals surface area contributed by atoms with Gasteiger partial charge in [0.05, 0.1) is 46.2 Å². The molecule has 38 nitrogen and oxygen atoms in total. The lowest BCUT2D eigenvalue weighted by Crippen LogP contribution is -2.64. The number of sulfonamides is 1. The molecule has 41 heteroatoms. The molecule has 7 heterocycles. The molecule has 15 rings (SSSR count). The number of hydrogen-bond acceptors (Lipinski definition) is 28. The Morgan fingerprint density at radius 2 is 1.29 bits per heavy atom. The topological polar surface area (TPSA) is 598 Å². The van der Waals surface area contributed by atoms with Crippen LogP contribution in [0.5, 0.6) is 46.0 Å². The van der Waals surface area contributed by atoms with E-state index in [9.17, 15) is 68.8 Å². The molecule has 18 atom stereocenters. The van der Waals surface area contributed by atoms with E-state index in [0.717, 1.165) is 72.3 Å². The molecule has 0 aliphatic carbocycles. The van der Waals surface area contributed by atoms with Crippen molar-refractivity contribution < 1.29 is 126 Å². The lowest BCUT2D eigenvalue weighted by Gasteiger charge is -2.47. The minimum atomic E-state index is -3.94. The summed E-state index contributed by atoms with van der Waals surface area (Å²) in [7, 11) is -2.47. The number of aliphatic hydroxyl groups is 6. The zero-order valence-corrected chi connectivity index (χ0v) is 71.7. The van der Waals surface area contributed by atoms with E-state index in [0.29, 0.717) is 10.8 Å². The predicted molar refractivity (Wildman–Crippen MR) is 458 cm³/mol. The number of rotatable bonds is 21. The molecule has 11 bridgehead atoms. The van der Waals surface area contributed by atoms with Crippen molar-refractivity contribution in [3.05, 3.63) is 189 Å². The van der Waals surface area contributed by atoms with Crippen LogP contribution >= 0.6 is 23.2 Å². The third-order valence-electron chi connectivity index (χ3n) is 22.4. The van der Waals surface area contributed by atoms with E-state index in [1.165, 1.54) is 57.3 Å². The summed E-state index contributed by atoms with van der Waals surface area (Å²) < 4.78 is 67.6. The number of fused-ring (bicyclic) bond motifs is 16. The Hall–Kier alpha value is -12.1. The second kappa shape index (κ2) is 38.9. The maximum absolute atomic E-state index is 16.4. The molecule has 0 aromatic heterocycles. The van der Waals surface area contributed by atoms with Crippen LogP contribution < -0.4 is 78.3 Å². The number of hydrogen-bond donors (Lipinski definition) is 21. The van der Waals surface area contributed by atoms with Crippen molar-refractivity contribution in [3.63, 3.8) is 0 Å². The molecule has 128 heavy (non-hydrogen) atoms. The minimum absolute atomic E-state index is 0.0000628. The van der Waals surface area contributed by atoms with E-state index < -0.39 is 253 Å². The van der Waals surface area contributed by atoms with Crippen molar-refractivity contribution in [2.45, 2.75) is 174 Å². The molecule has 23 N–H and O–H groups in total. The lowest BCUT2D eigenvalue weighted by molar-refractivity contribution is -0.333. The van der Waals surface area contributed by atoms with Gasteiger partial charge in [0, 0.05) is 53.5 Å². The van der Waals surface area contributed by atoms with Gasteiger partial charge < -0.3 is 134 Å². The van der Waals surface area contributed by atoms with Gasteiger partial charge in [-0.1, -0.05) is 85.1 Å². The number of aliphatic hydroxyl groups excluding tert-OH is 6. The van der Waals surface area contributed by atoms with Gasteiger partial charge in [-0.25, -0.2) is 8.42 Å². The normalized spacial score (nSPS) is 25.7. The smallest absolute Gasteiger partial charge is 0.261 e. The summed E-state index contributed by atoms with van der Waals surface area (Å²) in [6.45, 7) is 7.10. The first kappa shape index (κ1) is 93.6. The molecule has 8 aromatic carbocycles. The molecule has 680 valence electrons. The Labute approximate surface area is 741 Å². The van der Waals surface area contributed by atoms with Crippen LogP contribution in [0.25, 0.3) is 21.9 Å². The molecule has 9 amide bonds. The second-order valence-corrected chi connectivity index (χ2v) is 35.0. The number of phenols is 3. The first-order chi connectivity index (χ1) is 60.7. The Morgan fingerprint density at radius 3 is 1.93 bits per heavy atom. The fourth-order valence-electron chi connectivity index (χ4n) is 15.6. The Balaban J connectivity index is 0.909. The van der Waals surface area contributed by atoms with Gasteiger partial charge in [-0.2, -0.15) is 0 Å². The number of nitrogens with one attached hydrogen (secondary N) is 10. The molecular formula is C87H96Cl2N12O26S. The monoisotopic (exact) mass is 1830 g/mol. The Bertz CT molecular complexity index is 5760. The summed E-state index contributed by atoms with van der Waals surface area (Å²) in [5.74, 6) is -15.9. The van der Waals surface area contributed by atoms with Crippen LogP contribution in [0.1, 0.15) is 127 Å². The van der Waals surface area contributed by atoms with E-state index in [4.69, 9.17) is 63.1 Å². The number of benzene rings is 8. The van der Waals surface area contributed by atoms with E-state index in [1.54, 1.807) is 36.4 Å². The van der Waals surface area contributed by atoms with Gasteiger partial charge in [0.2, 0.25) is 59.3 Å². The van der Waals surface area contributed by atoms with Crippen molar-refractivity contribution in [3.8, 4) is 57.1 Å². The predicted octanol–water partition coefficient (Wildman–Crippen LogP) is 3.22. The number of aryl methyl sites for hydroxylation is 1. The maximum Gasteiger partial charge on any atom is 0.261 e. The average Bonchev–Trinajstić information content (AvgIpc) is 0.761. The highest BCUT2D eigenvalue weighted by atomic mass is 35.5. The number of halogens is 2. The zero-order chi connectivity index (χ0) is 92.4. The van der Waals surface area contributed by atoms with E-state index in [2.05, 4.69) is 52.6 Å². The van der Waals surface area contributed by atoms with E-state index >= 15 is 28.8 Å². The van der Waals surface area contributed by atoms with Crippen LogP contribution in [0.2, 0.25) is 10.0 Å². The van der Waals surface area contributed by atoms with Gasteiger partial charge >= 0.3 is 0 Å². The highest BCUT2D eigenvalue weighted by Crippen LogP contribution is 2.50. The summed E-state index contributed by atoms with van der Waals surface area (Å²) in [5.41, 5.74) is 9.61. The van der Waals surface area contributed by atoms with Gasteiger partial charge in [0.15, 0.2) is 23.9 Å². The molecule has 8 aromatic rings. The van der Waals surface area contributed by atoms with Gasteiger partial charge in [0.25, 0.3) is 15.9 Å². The number of aromatic hydroxyl groups is 3. The summed E-state index contributed by atoms with van der Waals surface area (Å²) in [6.07, 6.45) is -18.9. The van der Waals surface area contributed by atoms with Crippen LogP contribution in [0.4, 0.5) is 5.69 Å². The van der Waals surface area contributed by atoms with Crippen molar-refractivity contribution in [1.82, 2.24) is 47.9 Å². The first-order valence-corrected chi connectivity index (χ1v) is 42.8. The zero-order valence-electron chi connectivity index (χ0n) is 69.4. The largest absolute Gasteiger partial charge is 0.508 e. The van der Waals surface area contributed by atoms with Crippen molar-refractivity contribution in [1.29, 1.82) is 0 Å². The summed E-state index contributed by atoms with van der Waals surface area (Å²) >= 11 is 14.3. The third-order valence-corrected chi connectivity index (χ3v) is 24.4. The molecule has 18 unspecified atom stereocenters. The number of primary amides is 1. The molecule has 7 aliphatic rings. The molecule has 0 spiro atoms. The first-order valence-electron chi connectivity index (χ1n) is 40.6. The number of carbonyl (C=O) groups excluding carboxylic acids is 9. The van der Waals surface area contributed by atoms with Gasteiger partial charge in [-0.05, 0) is 176 Å². The van der Waals surface area contributed by atoms with E-state index in [1.807, 2.05) is 20.8 Å². The van der Waals surface area contributed by atoms with Gasteiger partial charge in [-0.15, -0.1) is 0 Å². The van der Waals surface area contributed by atoms with Crippen LogP contribution in [0, 0.1) is 12.8 Å². The molecule has 2 fully saturated rings. The average molecular weight is 1830 g/mol. The molecule has 7 aliphatic heterocycles. The number of anilines is 1. The van der Waals surface area contributed by atoms with Crippen LogP contribution in [0.3, 0.4) is 0 Å². The summed E-state index contributed by atoms with van der Waals surface area (Å²) in [6, 6.07) is 15.4. The standard InChI is InChI=1S/C87H96Cl2N12O26S/c1-37(2)24-54(92-6)79(113)99-69-71(107)43-14-20-58(52(88)28-43)123-60-30-46-31-61(75(60)127-86-76(74(110)73(109)62(36-102)125-86)126-64-35-87(5,91)77(111)39(4)122-64)124-59-21-15-44(29-53(59)89)72(108)70-85(119)98-68(81(115)94-23-7-22-93-78(112)45-11-10-41-26-47(16-12-40(41)25-45)101-128(120,121)49-17-8-38(3)9-18-49)51-32-48(103)33-57(105)65(51)50-27-42(13-19-56(50)104)66(82(116)100-70)97-83(117)67(46)96-80(114)55(34-63(90)106)95-84(69)118/h8-21,25-33,37,39,54-55,62,64,66-74,76-77,86,92,101-105,107-111H,7,22-24,34-36,91H2,1-6H3,(H2,90,106)(H,93,112)(H,94,115)(H,95,118)(H,96,114)(H,97,117)(H,98,119)(H,99,113)(H,100,116). The van der Waals surface area contributed by atoms with Gasteiger partial charge in [-0.3, -0.25) is 47.9 Å². The number of nitrogens with two attached hydrogens (primary N) is 2. The SMILES string of the molecule is CNC(CC(C)C)C(=O)NC1C(=O)NC(CC(N)=O)C(=O)NC2C(=O)NC3C(=O)NC(C(=O)NC(C(=O)NCCCNC(=O)c4ccc5cc(NS(=O)(=O)c6ccc(C)cc6)ccc5c4)c4cc(O)cc(O)c4-c4cc3ccc4O)C(O)c3ccc(c(Cl)c3)Oc3cc2cc(c3OC2OC(CO)C(O)C(O)C2OC2CC(C)(N)C(O)C(C)O2)Oc2ccc(cc2Cl)C1O. The quantitative estimate of drug-likeness (QED) is 0.0459. The number of likely N-dealkylation sites (N-methyl/N-ethyl adjacent to an activating group) is 1. The summed E-state index contributed by atoms with van der Waals surface area (Å²) in [5, 5.41) is 130. The van der Waals surface area contributed by atoms with Crippen molar-refractivity contribution in [2.24, 2.45) is 17.4 Å². The number of carbonyl (C=O) groups is 9. The van der Waals surface area contributed by atoms with Crippen LogP contribution in [0.15, 0.2) is 144 Å². The second-order valence-electron chi connectivity index (χ2n) is 32.5. The number of amides is 9. The lowest BCUT2D eigenvalue weighted by atomic mass is 9.86. The third kappa shape index (κ3) is 20.7. The number of ether oxygens (including phenoxy) is 6. The van der Waals surface area contributed by atoms with Crippen molar-refractivity contribution >= 4 is 103 Å². The molecular weight excluding hydrogens is 1730 g/mol. The summed E-state index contributed by atoms with van der Waals surface area (Å²) in [4.78, 5) is 135. The number of phenolic OH excluding ortho intramolecular Hbond substituents is 3. The van der Waals surface area contributed by atoms with Gasteiger partial charge in [0.1, 0.15) is 95.5 Å². The maximum atomic E-state index is 16.4. The highest BCUT2D eigenvalue weighted by Gasteiger charge is 2.52. The Morgan fingerprint density at radius 1 is 0.664 bits per heavy atom. The highest BCUT2D eigenvalue weighted by molar-refractivity contribution is 7.92. The van der Waals surface area contributed by atoms with E-state index in [-0.39, 0.29) is 81.9 Å². The fourth-order valence-corrected chi connectivity index (χ4v) is 17.1. The van der Waals surface area contributed by atoms with Crippen LogP contribution in [-0.2, 0) is 62.6 Å². The molecule has 0 saturated carbocycles. The van der Waals surface area contributed by atoms with Crippen molar-refractivity contribution in [2.75, 3.05) is 31.5 Å². The minimum Gasteiger partial charge on any atom is -0.508 e. The molecule has 2 saturated heterocycles. The Kier molecular flexibility index (Phi) is 28.4.